The van der Waals surface area contributed by atoms with E-state index in [2.05, 4.69) is 17.0 Å². The lowest BCUT2D eigenvalue weighted by atomic mass is 9.56. The second-order valence-corrected chi connectivity index (χ2v) is 12.1. The van der Waals surface area contributed by atoms with E-state index in [4.69, 9.17) is 15.2 Å². The number of primary amides is 1. The number of nitrogens with zero attached hydrogens (tertiary/aromatic N) is 2. The summed E-state index contributed by atoms with van der Waals surface area (Å²) in [5.74, 6) is -2.45. The predicted octanol–water partition coefficient (Wildman–Crippen LogP) is 3.00. The summed E-state index contributed by atoms with van der Waals surface area (Å²) in [5, 5.41) is 34.3. The molecule has 6 rings (SSSR count). The number of Topliss-reactive ketones (excluding diaryl/α,β-unsaturated/α-hetero) is 1. The predicted molar refractivity (Wildman–Crippen MR) is 159 cm³/mol. The minimum Gasteiger partial charge on any atom is -0.510 e. The fraction of sp³-hybridized carbons (Fsp3) is 0.394. The number of phenolic OH excluding ortho intramolecular Hbond substituents is 1. The molecule has 2 aromatic rings. The number of hydrogen-bond acceptors (Lipinski definition) is 9. The van der Waals surface area contributed by atoms with Crippen molar-refractivity contribution in [2.45, 2.75) is 37.6 Å². The van der Waals surface area contributed by atoms with Crippen LogP contribution in [0, 0.1) is 11.8 Å². The Kier molecular flexibility index (Phi) is 7.11. The van der Waals surface area contributed by atoms with Crippen LogP contribution in [-0.2, 0) is 33.8 Å². The van der Waals surface area contributed by atoms with Crippen LogP contribution in [0.3, 0.4) is 0 Å². The Balaban J connectivity index is 1.44. The molecule has 10 nitrogen and oxygen atoms in total. The third kappa shape index (κ3) is 4.27. The van der Waals surface area contributed by atoms with E-state index in [1.54, 1.807) is 38.2 Å². The zero-order chi connectivity index (χ0) is 30.8. The first-order chi connectivity index (χ1) is 20.5. The number of rotatable bonds is 7. The number of aliphatic hydroxyl groups is 2. The molecule has 5 N–H and O–H groups in total. The third-order valence-electron chi connectivity index (χ3n) is 9.36. The number of aromatic hydroxyl groups is 1. The van der Waals surface area contributed by atoms with Gasteiger partial charge in [-0.3, -0.25) is 19.4 Å². The van der Waals surface area contributed by atoms with Gasteiger partial charge in [0, 0.05) is 41.3 Å². The Bertz CT molecular complexity index is 1610. The zero-order valence-corrected chi connectivity index (χ0v) is 24.8. The minimum absolute atomic E-state index is 0.0516. The van der Waals surface area contributed by atoms with E-state index >= 15 is 0 Å². The van der Waals surface area contributed by atoms with Crippen molar-refractivity contribution in [2.24, 2.45) is 17.6 Å². The summed E-state index contributed by atoms with van der Waals surface area (Å²) >= 11 is 0. The number of carbonyl (C=O) groups is 2. The molecule has 1 fully saturated rings. The Morgan fingerprint density at radius 1 is 1.14 bits per heavy atom. The largest absolute Gasteiger partial charge is 0.510 e. The Hall–Kier alpha value is -4.12. The lowest BCUT2D eigenvalue weighted by molar-refractivity contribution is -0.148. The standard InChI is InChI=1S/C33H37N3O7/c1-35(2)27-22-13-18-12-20-25(23(37)14-19(30(20)42-4)16-36(3)15-17-8-6-5-7-9-17)28(38)24(18)31(40)33(22)21(10-11-43-33)26(29(27)39)32(34)41/h5-10,14,18,22,27,37-39H,11-13,15-16H2,1-4H3,(H2,34,41)/t18-,22-,27-,33-/m0/s1. The van der Waals surface area contributed by atoms with E-state index < -0.39 is 35.2 Å². The molecular weight excluding hydrogens is 550 g/mol. The average Bonchev–Trinajstić information content (AvgIpc) is 3.37. The maximum atomic E-state index is 14.5. The Labute approximate surface area is 250 Å². The van der Waals surface area contributed by atoms with E-state index in [1.165, 1.54) is 0 Å². The molecule has 1 spiro atoms. The minimum atomic E-state index is -1.59. The van der Waals surface area contributed by atoms with Crippen LogP contribution in [0.5, 0.6) is 11.5 Å². The molecular formula is C33H37N3O7. The number of amides is 1. The Morgan fingerprint density at radius 3 is 2.51 bits per heavy atom. The number of likely N-dealkylation sites (N-methyl/N-ethyl adjacent to an activating group) is 1. The van der Waals surface area contributed by atoms with Crippen LogP contribution in [0.25, 0.3) is 5.76 Å². The van der Waals surface area contributed by atoms with Gasteiger partial charge in [0.25, 0.3) is 5.91 Å². The van der Waals surface area contributed by atoms with Crippen molar-refractivity contribution in [1.82, 2.24) is 9.80 Å². The maximum Gasteiger partial charge on any atom is 0.252 e. The number of ether oxygens (including phenoxy) is 2. The van der Waals surface area contributed by atoms with Crippen molar-refractivity contribution in [3.8, 4) is 11.5 Å². The summed E-state index contributed by atoms with van der Waals surface area (Å²) in [6, 6.07) is 10.9. The number of aliphatic hydroxyl groups excluding tert-OH is 2. The summed E-state index contributed by atoms with van der Waals surface area (Å²) in [7, 11) is 7.07. The first-order valence-corrected chi connectivity index (χ1v) is 14.4. The second-order valence-electron chi connectivity index (χ2n) is 12.1. The van der Waals surface area contributed by atoms with Crippen molar-refractivity contribution in [3.63, 3.8) is 0 Å². The molecule has 1 amide bonds. The van der Waals surface area contributed by atoms with Crippen molar-refractivity contribution in [1.29, 1.82) is 0 Å². The summed E-state index contributed by atoms with van der Waals surface area (Å²) in [6.07, 6.45) is 2.30. The van der Waals surface area contributed by atoms with E-state index in [-0.39, 0.29) is 46.2 Å². The summed E-state index contributed by atoms with van der Waals surface area (Å²) < 4.78 is 12.1. The van der Waals surface area contributed by atoms with E-state index in [1.807, 2.05) is 25.2 Å². The van der Waals surface area contributed by atoms with Crippen LogP contribution in [0.2, 0.25) is 0 Å². The van der Waals surface area contributed by atoms with E-state index in [0.717, 1.165) is 11.1 Å². The monoisotopic (exact) mass is 587 g/mol. The number of carbonyl (C=O) groups excluding carboxylic acids is 2. The molecule has 1 aliphatic heterocycles. The van der Waals surface area contributed by atoms with Gasteiger partial charge in [0.2, 0.25) is 0 Å². The average molecular weight is 588 g/mol. The SMILES string of the molecule is COc1c(CN(C)Cc2ccccc2)cc(O)c2c1C[C@H]1C[C@H]3[C@H](N(C)C)C(O)=C(C(N)=O)C4=CCO[C@@]43C(=O)C1=C2O. The molecule has 0 unspecified atom stereocenters. The highest BCUT2D eigenvalue weighted by atomic mass is 16.5. The molecule has 1 heterocycles. The smallest absolute Gasteiger partial charge is 0.252 e. The van der Waals surface area contributed by atoms with Gasteiger partial charge in [0.05, 0.1) is 30.9 Å². The highest BCUT2D eigenvalue weighted by Crippen LogP contribution is 2.58. The van der Waals surface area contributed by atoms with E-state index in [9.17, 15) is 24.9 Å². The number of ketones is 1. The van der Waals surface area contributed by atoms with Gasteiger partial charge in [-0.25, -0.2) is 0 Å². The maximum absolute atomic E-state index is 14.5. The van der Waals surface area contributed by atoms with Crippen LogP contribution in [0.1, 0.15) is 28.7 Å². The summed E-state index contributed by atoms with van der Waals surface area (Å²) in [4.78, 5) is 31.0. The molecule has 1 saturated carbocycles. The third-order valence-corrected chi connectivity index (χ3v) is 9.36. The number of methoxy groups -OCH3 is 1. The van der Waals surface area contributed by atoms with Gasteiger partial charge in [-0.05, 0) is 51.5 Å². The van der Waals surface area contributed by atoms with Crippen LogP contribution < -0.4 is 10.5 Å². The first-order valence-electron chi connectivity index (χ1n) is 14.4. The van der Waals surface area contributed by atoms with Crippen molar-refractivity contribution >= 4 is 17.4 Å². The van der Waals surface area contributed by atoms with Gasteiger partial charge >= 0.3 is 0 Å². The zero-order valence-electron chi connectivity index (χ0n) is 24.8. The molecule has 4 aliphatic rings. The summed E-state index contributed by atoms with van der Waals surface area (Å²) in [6.45, 7) is 1.21. The number of fused-ring (bicyclic) bond motifs is 2. The van der Waals surface area contributed by atoms with Crippen LogP contribution in [-0.4, -0.2) is 83.3 Å². The number of nitrogens with two attached hydrogens (primary N) is 1. The molecule has 0 radical (unpaired) electrons. The topological polar surface area (TPSA) is 146 Å². The van der Waals surface area contributed by atoms with Crippen molar-refractivity contribution < 1.29 is 34.4 Å². The van der Waals surface area contributed by atoms with Gasteiger partial charge < -0.3 is 30.5 Å². The van der Waals surface area contributed by atoms with Gasteiger partial charge in [0.15, 0.2) is 11.4 Å². The Morgan fingerprint density at radius 2 is 1.86 bits per heavy atom. The summed E-state index contributed by atoms with van der Waals surface area (Å²) in [5.41, 5.74) is 7.07. The van der Waals surface area contributed by atoms with Gasteiger partial charge in [-0.2, -0.15) is 0 Å². The van der Waals surface area contributed by atoms with Crippen LogP contribution >= 0.6 is 0 Å². The molecule has 0 saturated heterocycles. The fourth-order valence-electron chi connectivity index (χ4n) is 7.81. The fourth-order valence-corrected chi connectivity index (χ4v) is 7.81. The second kappa shape index (κ2) is 10.6. The van der Waals surface area contributed by atoms with Crippen molar-refractivity contribution in [2.75, 3.05) is 34.9 Å². The molecule has 4 atom stereocenters. The van der Waals surface area contributed by atoms with Gasteiger partial charge in [-0.1, -0.05) is 36.4 Å². The molecule has 43 heavy (non-hydrogen) atoms. The molecule has 226 valence electrons. The normalized spacial score (nSPS) is 26.2. The molecule has 2 aromatic carbocycles. The van der Waals surface area contributed by atoms with Crippen LogP contribution in [0.15, 0.2) is 65.0 Å². The van der Waals surface area contributed by atoms with E-state index in [0.29, 0.717) is 37.2 Å². The molecule has 0 bridgehead atoms. The highest BCUT2D eigenvalue weighted by Gasteiger charge is 2.65. The molecule has 0 aromatic heterocycles. The van der Waals surface area contributed by atoms with Gasteiger partial charge in [0.1, 0.15) is 23.0 Å². The first kappa shape index (κ1) is 29.0. The van der Waals surface area contributed by atoms with Gasteiger partial charge in [-0.15, -0.1) is 0 Å². The lowest BCUT2D eigenvalue weighted by Gasteiger charge is -2.52. The quantitative estimate of drug-likeness (QED) is 0.384. The van der Waals surface area contributed by atoms with Crippen LogP contribution in [0.4, 0.5) is 0 Å². The molecule has 3 aliphatic carbocycles. The van der Waals surface area contributed by atoms with Crippen molar-refractivity contribution in [3.05, 3.63) is 87.2 Å². The molecule has 10 heteroatoms. The number of benzene rings is 2. The lowest BCUT2D eigenvalue weighted by Crippen LogP contribution is -2.63. The number of hydrogen-bond donors (Lipinski definition) is 4. The number of phenols is 1. The highest BCUT2D eigenvalue weighted by molar-refractivity contribution is 6.14.